The van der Waals surface area contributed by atoms with E-state index in [0.717, 1.165) is 90.5 Å². The van der Waals surface area contributed by atoms with E-state index >= 15 is 0 Å². The van der Waals surface area contributed by atoms with Crippen LogP contribution >= 0.6 is 47.0 Å². The van der Waals surface area contributed by atoms with Crippen LogP contribution in [-0.2, 0) is 65.0 Å². The van der Waals surface area contributed by atoms with E-state index in [1.165, 1.54) is 0 Å². The predicted molar refractivity (Wildman–Crippen MR) is 253 cm³/mol. The summed E-state index contributed by atoms with van der Waals surface area (Å²) in [4.78, 5) is 0. The van der Waals surface area contributed by atoms with Crippen LogP contribution in [0.2, 0.25) is 0 Å². The zero-order chi connectivity index (χ0) is 43.2. The van der Waals surface area contributed by atoms with E-state index in [2.05, 4.69) is 48.5 Å². The summed E-state index contributed by atoms with van der Waals surface area (Å²) in [6.45, 7) is 5.77. The maximum Gasteiger partial charge on any atom is 0.165 e. The summed E-state index contributed by atoms with van der Waals surface area (Å²) >= 11 is 7.16. The van der Waals surface area contributed by atoms with Gasteiger partial charge in [-0.1, -0.05) is 48.5 Å². The van der Waals surface area contributed by atoms with Crippen LogP contribution in [0.1, 0.15) is 44.5 Å². The normalized spacial score (nSPS) is 19.5. The van der Waals surface area contributed by atoms with Crippen molar-refractivity contribution in [2.45, 2.75) is 46.0 Å². The standard InChI is InChI=1S/C48H56O12S4/c1-2-34-26-62-28-36-5-6-38-30-64-32-40-8-7-39-31-63-29-37-4-3-35(43-45(37)57-23-15-52-16-24-59-46(38)44(36)56-22-14-51-13-20-55-43)27-61-25-33(1)41-42(34)54-18-10-50-12-21-60-48(40)47(39)58-19-11-49-9-17-53-41/h1-8H,9-32H2. The minimum absolute atomic E-state index is 0.339. The lowest BCUT2D eigenvalue weighted by atomic mass is 10.1. The number of benzene rings is 4. The van der Waals surface area contributed by atoms with Gasteiger partial charge in [-0.05, 0) is 0 Å². The second-order valence-corrected chi connectivity index (χ2v) is 19.3. The van der Waals surface area contributed by atoms with Crippen LogP contribution in [-0.4, -0.2) is 106 Å². The molecule has 0 spiro atoms. The summed E-state index contributed by atoms with van der Waals surface area (Å²) in [5.41, 5.74) is 8.26. The largest absolute Gasteiger partial charge is 0.487 e. The number of hydrogen-bond acceptors (Lipinski definition) is 16. The van der Waals surface area contributed by atoms with E-state index in [9.17, 15) is 0 Å². The minimum atomic E-state index is 0.339. The highest BCUT2D eigenvalue weighted by Gasteiger charge is 2.25. The molecule has 0 fully saturated rings. The van der Waals surface area contributed by atoms with Gasteiger partial charge in [0.05, 0.1) is 52.9 Å². The van der Waals surface area contributed by atoms with E-state index < -0.39 is 0 Å². The molecule has 4 aromatic carbocycles. The number of ether oxygens (including phenoxy) is 12. The van der Waals surface area contributed by atoms with Gasteiger partial charge in [0, 0.05) is 90.5 Å². The third-order valence-corrected chi connectivity index (χ3v) is 15.1. The molecular weight excluding hydrogens is 897 g/mol. The van der Waals surface area contributed by atoms with E-state index in [4.69, 9.17) is 56.8 Å². The molecule has 0 N–H and O–H groups in total. The third-order valence-electron chi connectivity index (χ3n) is 11.0. The molecule has 0 radical (unpaired) electrons. The van der Waals surface area contributed by atoms with Crippen LogP contribution in [0.4, 0.5) is 0 Å². The van der Waals surface area contributed by atoms with Gasteiger partial charge in [-0.15, -0.1) is 0 Å². The molecule has 8 aliphatic heterocycles. The van der Waals surface area contributed by atoms with Crippen molar-refractivity contribution >= 4 is 47.0 Å². The van der Waals surface area contributed by atoms with Gasteiger partial charge >= 0.3 is 0 Å². The zero-order valence-electron chi connectivity index (χ0n) is 36.1. The summed E-state index contributed by atoms with van der Waals surface area (Å²) in [7, 11) is 0. The molecular formula is C48H56O12S4. The van der Waals surface area contributed by atoms with Crippen molar-refractivity contribution in [1.82, 2.24) is 0 Å². The maximum absolute atomic E-state index is 6.70. The van der Waals surface area contributed by atoms with Crippen molar-refractivity contribution in [1.29, 1.82) is 0 Å². The smallest absolute Gasteiger partial charge is 0.165 e. The van der Waals surface area contributed by atoms with E-state index in [-0.39, 0.29) is 0 Å². The average molecular weight is 953 g/mol. The van der Waals surface area contributed by atoms with Gasteiger partial charge in [0.2, 0.25) is 0 Å². The first-order valence-electron chi connectivity index (χ1n) is 22.0. The Morgan fingerprint density at radius 3 is 0.484 bits per heavy atom. The van der Waals surface area contributed by atoms with E-state index in [0.29, 0.717) is 152 Å². The van der Waals surface area contributed by atoms with Crippen molar-refractivity contribution in [3.63, 3.8) is 0 Å². The second kappa shape index (κ2) is 23.8. The van der Waals surface area contributed by atoms with Gasteiger partial charge in [0.15, 0.2) is 46.0 Å². The lowest BCUT2D eigenvalue weighted by Gasteiger charge is -2.21. The molecule has 0 aromatic heterocycles. The molecule has 12 rings (SSSR count). The highest BCUT2D eigenvalue weighted by atomic mass is 32.2. The van der Waals surface area contributed by atoms with Crippen molar-refractivity contribution in [3.8, 4) is 46.0 Å². The quantitative estimate of drug-likeness (QED) is 0.156. The number of hydrogen-bond donors (Lipinski definition) is 0. The predicted octanol–water partition coefficient (Wildman–Crippen LogP) is 8.88. The van der Waals surface area contributed by atoms with Crippen molar-refractivity contribution < 1.29 is 56.8 Å². The Morgan fingerprint density at radius 1 is 0.203 bits per heavy atom. The van der Waals surface area contributed by atoms with Crippen molar-refractivity contribution in [2.75, 3.05) is 106 Å². The SMILES string of the molecule is c1cc2c3c4c1CSCc1ccc5c6c1OCCOCCOc1c(ccc(c1OCCOCCO6)CSCc1ccc(c(c1OCCOCCO3)OCCOCCO4)CSC5)CSC2. The lowest BCUT2D eigenvalue weighted by molar-refractivity contribution is 0.0634. The third kappa shape index (κ3) is 11.7. The van der Waals surface area contributed by atoms with Gasteiger partial charge in [0.25, 0.3) is 0 Å². The first-order valence-corrected chi connectivity index (χ1v) is 26.7. The molecule has 0 atom stereocenters. The van der Waals surface area contributed by atoms with Crippen LogP contribution < -0.4 is 37.9 Å². The molecule has 12 nitrogen and oxygen atoms in total. The van der Waals surface area contributed by atoms with Gasteiger partial charge in [0.1, 0.15) is 52.9 Å². The first kappa shape index (κ1) is 45.7. The zero-order valence-corrected chi connectivity index (χ0v) is 39.4. The molecule has 64 heavy (non-hydrogen) atoms. The highest BCUT2D eigenvalue weighted by molar-refractivity contribution is 7.98. The van der Waals surface area contributed by atoms with Gasteiger partial charge in [-0.3, -0.25) is 0 Å². The van der Waals surface area contributed by atoms with Crippen LogP contribution in [0.5, 0.6) is 46.0 Å². The van der Waals surface area contributed by atoms with Crippen LogP contribution in [0.3, 0.4) is 0 Å². The number of thioether (sulfide) groups is 4. The summed E-state index contributed by atoms with van der Waals surface area (Å²) in [5, 5.41) is 0. The molecule has 8 aliphatic rings. The monoisotopic (exact) mass is 952 g/mol. The van der Waals surface area contributed by atoms with Crippen molar-refractivity contribution in [2.24, 2.45) is 0 Å². The Morgan fingerprint density at radius 2 is 0.344 bits per heavy atom. The molecule has 0 aliphatic carbocycles. The van der Waals surface area contributed by atoms with E-state index in [1.807, 2.05) is 0 Å². The average Bonchev–Trinajstić information content (AvgIpc) is 3.30. The molecule has 4 aromatic rings. The van der Waals surface area contributed by atoms with Crippen LogP contribution in [0.15, 0.2) is 48.5 Å². The van der Waals surface area contributed by atoms with Crippen LogP contribution in [0.25, 0.3) is 0 Å². The summed E-state index contributed by atoms with van der Waals surface area (Å²) in [6.07, 6.45) is 0. The van der Waals surface area contributed by atoms with Crippen LogP contribution in [0, 0.1) is 0 Å². The molecule has 0 saturated carbocycles. The molecule has 0 saturated heterocycles. The van der Waals surface area contributed by atoms with Gasteiger partial charge in [-0.2, -0.15) is 47.0 Å². The minimum Gasteiger partial charge on any atom is -0.487 e. The maximum atomic E-state index is 6.70. The topological polar surface area (TPSA) is 111 Å². The second-order valence-electron chi connectivity index (χ2n) is 15.4. The molecule has 344 valence electrons. The fraction of sp³-hybridized carbons (Fsp3) is 0.500. The summed E-state index contributed by atoms with van der Waals surface area (Å²) in [5.74, 6) is 11.1. The molecule has 16 bridgehead atoms. The fourth-order valence-electron chi connectivity index (χ4n) is 7.87. The Bertz CT molecular complexity index is 1730. The van der Waals surface area contributed by atoms with Gasteiger partial charge < -0.3 is 56.8 Å². The summed E-state index contributed by atoms with van der Waals surface area (Å²) < 4.78 is 78.3. The van der Waals surface area contributed by atoms with Crippen molar-refractivity contribution in [3.05, 3.63) is 93.0 Å². The number of fused-ring (bicyclic) bond motifs is 18. The number of rotatable bonds is 0. The fourth-order valence-corrected chi connectivity index (χ4v) is 11.9. The molecule has 16 heteroatoms. The molecule has 0 unspecified atom stereocenters. The summed E-state index contributed by atoms with van der Waals surface area (Å²) in [6, 6.07) is 17.4. The van der Waals surface area contributed by atoms with E-state index in [1.54, 1.807) is 47.0 Å². The lowest BCUT2D eigenvalue weighted by Crippen LogP contribution is -2.17. The Labute approximate surface area is 392 Å². The Hall–Kier alpha value is -3.48. The molecule has 0 amide bonds. The Kier molecular flexibility index (Phi) is 17.0. The first-order chi connectivity index (χ1) is 31.8. The molecule has 8 heterocycles. The Balaban J connectivity index is 1.25. The van der Waals surface area contributed by atoms with Gasteiger partial charge in [-0.25, -0.2) is 0 Å². The highest BCUT2D eigenvalue weighted by Crippen LogP contribution is 2.46.